The molecule has 1 atom stereocenters. The Morgan fingerprint density at radius 1 is 1.15 bits per heavy atom. The molecule has 34 heavy (non-hydrogen) atoms. The van der Waals surface area contributed by atoms with E-state index in [2.05, 4.69) is 0 Å². The third kappa shape index (κ3) is 4.68. The van der Waals surface area contributed by atoms with Crippen molar-refractivity contribution in [1.82, 2.24) is 4.90 Å². The summed E-state index contributed by atoms with van der Waals surface area (Å²) in [7, 11) is 0. The quantitative estimate of drug-likeness (QED) is 0.220. The summed E-state index contributed by atoms with van der Waals surface area (Å²) in [4.78, 5) is 31.1. The molecule has 1 aliphatic rings. The number of benzene rings is 2. The van der Waals surface area contributed by atoms with Crippen LogP contribution in [-0.2, 0) is 4.79 Å². The third-order valence-electron chi connectivity index (χ3n) is 5.79. The second kappa shape index (κ2) is 9.69. The van der Waals surface area contributed by atoms with Crippen LogP contribution in [0.25, 0.3) is 17.4 Å². The number of amidine groups is 1. The van der Waals surface area contributed by atoms with Crippen LogP contribution in [0, 0.1) is 24.0 Å². The molecule has 0 radical (unpaired) electrons. The zero-order chi connectivity index (χ0) is 24.4. The largest absolute Gasteiger partial charge is 0.457 e. The summed E-state index contributed by atoms with van der Waals surface area (Å²) in [5.74, 6) is 0.892. The second-order valence-electron chi connectivity index (χ2n) is 8.18. The van der Waals surface area contributed by atoms with Gasteiger partial charge in [0.2, 0.25) is 0 Å². The molecule has 4 rings (SSSR count). The van der Waals surface area contributed by atoms with E-state index in [9.17, 15) is 14.9 Å². The van der Waals surface area contributed by atoms with Crippen LogP contribution in [0.3, 0.4) is 0 Å². The number of rotatable bonds is 6. The maximum atomic E-state index is 13.3. The van der Waals surface area contributed by atoms with Crippen molar-refractivity contribution in [3.05, 3.63) is 86.5 Å². The summed E-state index contributed by atoms with van der Waals surface area (Å²) in [6.07, 6.45) is 2.50. The summed E-state index contributed by atoms with van der Waals surface area (Å²) in [5.41, 5.74) is 3.15. The van der Waals surface area contributed by atoms with E-state index in [-0.39, 0.29) is 17.6 Å². The van der Waals surface area contributed by atoms with Gasteiger partial charge in [-0.2, -0.15) is 0 Å². The lowest BCUT2D eigenvalue weighted by Crippen LogP contribution is -2.36. The van der Waals surface area contributed by atoms with E-state index in [1.165, 1.54) is 17.8 Å². The Bertz CT molecular complexity index is 1310. The molecule has 174 valence electrons. The fraction of sp³-hybridized carbons (Fsp3) is 0.231. The number of furan rings is 1. The van der Waals surface area contributed by atoms with Crippen LogP contribution in [0.4, 0.5) is 11.4 Å². The number of nitrogens with zero attached hydrogens (tertiary/aromatic N) is 3. The van der Waals surface area contributed by atoms with E-state index in [1.807, 2.05) is 45.0 Å². The molecule has 8 heteroatoms. The van der Waals surface area contributed by atoms with Gasteiger partial charge in [0, 0.05) is 29.3 Å². The van der Waals surface area contributed by atoms with Crippen molar-refractivity contribution in [2.24, 2.45) is 4.99 Å². The molecule has 7 nitrogen and oxygen atoms in total. The molecule has 3 aromatic rings. The normalized spacial score (nSPS) is 17.1. The third-order valence-corrected chi connectivity index (χ3v) is 6.78. The molecule has 0 bridgehead atoms. The second-order valence-corrected chi connectivity index (χ2v) is 9.19. The van der Waals surface area contributed by atoms with Gasteiger partial charge in [0.1, 0.15) is 11.5 Å². The summed E-state index contributed by atoms with van der Waals surface area (Å²) in [6, 6.07) is 16.3. The highest BCUT2D eigenvalue weighted by atomic mass is 32.2. The van der Waals surface area contributed by atoms with Gasteiger partial charge in [-0.15, -0.1) is 0 Å². The van der Waals surface area contributed by atoms with Crippen LogP contribution < -0.4 is 0 Å². The average molecular weight is 476 g/mol. The Morgan fingerprint density at radius 3 is 2.56 bits per heavy atom. The van der Waals surface area contributed by atoms with Gasteiger partial charge < -0.3 is 4.42 Å². The van der Waals surface area contributed by atoms with E-state index < -0.39 is 4.92 Å². The summed E-state index contributed by atoms with van der Waals surface area (Å²) in [5, 5.41) is 11.9. The molecule has 0 N–H and O–H groups in total. The minimum atomic E-state index is -0.406. The van der Waals surface area contributed by atoms with E-state index >= 15 is 0 Å². The Hall–Kier alpha value is -3.65. The Morgan fingerprint density at radius 2 is 1.88 bits per heavy atom. The number of carbonyl (C=O) groups excluding carboxylic acids is 1. The van der Waals surface area contributed by atoms with Crippen LogP contribution in [0.15, 0.2) is 68.9 Å². The van der Waals surface area contributed by atoms with Gasteiger partial charge >= 0.3 is 0 Å². The highest BCUT2D eigenvalue weighted by molar-refractivity contribution is 8.18. The average Bonchev–Trinajstić information content (AvgIpc) is 3.39. The molecule has 0 spiro atoms. The number of hydrogen-bond acceptors (Lipinski definition) is 6. The number of nitro benzene ring substituents is 1. The van der Waals surface area contributed by atoms with Gasteiger partial charge in [0.05, 0.1) is 15.5 Å². The number of thioether (sulfide) groups is 1. The molecule has 1 fully saturated rings. The lowest BCUT2D eigenvalue weighted by Gasteiger charge is -2.22. The first-order chi connectivity index (χ1) is 16.3. The monoisotopic (exact) mass is 475 g/mol. The smallest absolute Gasteiger partial charge is 0.273 e. The SMILES string of the molecule is CC[C@H](C)N1C(=O)/C(=C\c2ccc(-c3cccc([N+](=O)[O-])c3C)o2)SC1=Nc1ccc(C)cc1. The van der Waals surface area contributed by atoms with Gasteiger partial charge in [-0.1, -0.05) is 36.8 Å². The molecular formula is C26H25N3O4S. The number of carbonyl (C=O) groups is 1. The van der Waals surface area contributed by atoms with Crippen LogP contribution in [0.2, 0.25) is 0 Å². The molecule has 1 aromatic heterocycles. The number of aryl methyl sites for hydroxylation is 1. The van der Waals surface area contributed by atoms with Gasteiger partial charge in [0.25, 0.3) is 11.6 Å². The van der Waals surface area contributed by atoms with E-state index in [4.69, 9.17) is 9.41 Å². The molecule has 2 heterocycles. The van der Waals surface area contributed by atoms with Crippen molar-refractivity contribution in [3.8, 4) is 11.3 Å². The molecule has 1 amide bonds. The minimum absolute atomic E-state index is 0.00484. The van der Waals surface area contributed by atoms with Gasteiger partial charge in [-0.3, -0.25) is 19.8 Å². The van der Waals surface area contributed by atoms with E-state index in [0.29, 0.717) is 32.7 Å². The van der Waals surface area contributed by atoms with E-state index in [0.717, 1.165) is 17.7 Å². The number of nitro groups is 1. The maximum absolute atomic E-state index is 13.3. The van der Waals surface area contributed by atoms with Gasteiger partial charge in [-0.25, -0.2) is 4.99 Å². The molecule has 2 aromatic carbocycles. The Labute approximate surface area is 202 Å². The first-order valence-corrected chi connectivity index (χ1v) is 11.8. The number of hydrogen-bond donors (Lipinski definition) is 0. The molecule has 0 unspecified atom stereocenters. The number of amides is 1. The van der Waals surface area contributed by atoms with Crippen LogP contribution in [-0.4, -0.2) is 26.9 Å². The summed E-state index contributed by atoms with van der Waals surface area (Å²) < 4.78 is 5.96. The maximum Gasteiger partial charge on any atom is 0.273 e. The van der Waals surface area contributed by atoms with Crippen molar-refractivity contribution >= 4 is 40.3 Å². The van der Waals surface area contributed by atoms with Crippen LogP contribution >= 0.6 is 11.8 Å². The summed E-state index contributed by atoms with van der Waals surface area (Å²) in [6.45, 7) is 7.75. The predicted molar refractivity (Wildman–Crippen MR) is 136 cm³/mol. The minimum Gasteiger partial charge on any atom is -0.457 e. The van der Waals surface area contributed by atoms with Gasteiger partial charge in [0.15, 0.2) is 5.17 Å². The molecule has 1 saturated heterocycles. The van der Waals surface area contributed by atoms with Crippen molar-refractivity contribution in [3.63, 3.8) is 0 Å². The lowest BCUT2D eigenvalue weighted by atomic mass is 10.1. The van der Waals surface area contributed by atoms with Gasteiger partial charge in [-0.05, 0) is 63.2 Å². The van der Waals surface area contributed by atoms with Crippen LogP contribution in [0.5, 0.6) is 0 Å². The zero-order valence-corrected chi connectivity index (χ0v) is 20.3. The fourth-order valence-electron chi connectivity index (χ4n) is 3.66. The zero-order valence-electron chi connectivity index (χ0n) is 19.4. The Kier molecular flexibility index (Phi) is 6.70. The van der Waals surface area contributed by atoms with E-state index in [1.54, 1.807) is 42.2 Å². The summed E-state index contributed by atoms with van der Waals surface area (Å²) >= 11 is 1.32. The van der Waals surface area contributed by atoms with Crippen LogP contribution in [0.1, 0.15) is 37.2 Å². The first-order valence-electron chi connectivity index (χ1n) is 11.0. The highest BCUT2D eigenvalue weighted by Crippen LogP contribution is 2.37. The number of aliphatic imine (C=N–C) groups is 1. The predicted octanol–water partition coefficient (Wildman–Crippen LogP) is 6.87. The molecule has 0 saturated carbocycles. The Balaban J connectivity index is 1.67. The van der Waals surface area contributed by atoms with Crippen molar-refractivity contribution in [1.29, 1.82) is 0 Å². The molecular weight excluding hydrogens is 450 g/mol. The highest BCUT2D eigenvalue weighted by Gasteiger charge is 2.36. The van der Waals surface area contributed by atoms with Crippen molar-refractivity contribution < 1.29 is 14.1 Å². The van der Waals surface area contributed by atoms with Crippen molar-refractivity contribution in [2.75, 3.05) is 0 Å². The van der Waals surface area contributed by atoms with Crippen molar-refractivity contribution in [2.45, 2.75) is 40.2 Å². The lowest BCUT2D eigenvalue weighted by molar-refractivity contribution is -0.385. The fourth-order valence-corrected chi connectivity index (χ4v) is 4.73. The first kappa shape index (κ1) is 23.5. The standard InChI is InChI=1S/C26H25N3O4S/c1-5-17(3)28-25(30)24(34-26(28)27-19-11-9-16(2)10-12-19)15-20-13-14-23(33-20)21-7-6-8-22(18(21)4)29(31)32/h6-15,17H,5H2,1-4H3/b24-15+,27-26?/t17-/m0/s1. The topological polar surface area (TPSA) is 89.0 Å². The molecule has 0 aliphatic carbocycles. The molecule has 1 aliphatic heterocycles.